The van der Waals surface area contributed by atoms with Gasteiger partial charge in [0.1, 0.15) is 5.75 Å². The van der Waals surface area contributed by atoms with Crippen molar-refractivity contribution in [3.63, 3.8) is 0 Å². The maximum absolute atomic E-state index is 12.9. The van der Waals surface area contributed by atoms with Crippen LogP contribution in [0.4, 0.5) is 13.2 Å². The van der Waals surface area contributed by atoms with Crippen molar-refractivity contribution in [3.8, 4) is 5.75 Å². The summed E-state index contributed by atoms with van der Waals surface area (Å²) in [6.07, 6.45) is -4.46. The second-order valence-electron chi connectivity index (χ2n) is 4.21. The third kappa shape index (κ3) is 7.58. The molecule has 2 N–H and O–H groups in total. The van der Waals surface area contributed by atoms with Crippen molar-refractivity contribution in [1.82, 2.24) is 5.48 Å². The van der Waals surface area contributed by atoms with E-state index in [1.807, 2.05) is 5.48 Å². The van der Waals surface area contributed by atoms with Gasteiger partial charge in [-0.25, -0.2) is 0 Å². The zero-order chi connectivity index (χ0) is 18.6. The Bertz CT molecular complexity index is 802. The van der Waals surface area contributed by atoms with E-state index < -0.39 is 43.6 Å². The average molecular weight is 392 g/mol. The first kappa shape index (κ1) is 20.1. The van der Waals surface area contributed by atoms with Gasteiger partial charge < -0.3 is 4.84 Å². The molecule has 136 valence electrons. The van der Waals surface area contributed by atoms with Gasteiger partial charge in [0.25, 0.3) is 10.1 Å². The first-order valence-corrected chi connectivity index (χ1v) is 9.19. The van der Waals surface area contributed by atoms with E-state index in [0.717, 1.165) is 24.3 Å². The zero-order valence-corrected chi connectivity index (χ0v) is 13.4. The number of hydroxylamine groups is 1. The van der Waals surface area contributed by atoms with Gasteiger partial charge in [-0.15, -0.1) is 5.48 Å². The van der Waals surface area contributed by atoms with Gasteiger partial charge in [0, 0.05) is 5.56 Å². The predicted octanol–water partition coefficient (Wildman–Crippen LogP) is 0.658. The molecule has 0 heterocycles. The highest BCUT2D eigenvalue weighted by Gasteiger charge is 2.38. The molecule has 0 saturated carbocycles. The highest BCUT2D eigenvalue weighted by molar-refractivity contribution is 7.86. The second kappa shape index (κ2) is 7.33. The maximum atomic E-state index is 12.9. The highest BCUT2D eigenvalue weighted by Crippen LogP contribution is 2.24. The number of alkyl halides is 3. The molecule has 0 aliphatic carbocycles. The number of nitrogens with zero attached hydrogens (tertiary/aromatic N) is 1. The fraction of sp³-hybridized carbons (Fsp3) is 0.300. The van der Waals surface area contributed by atoms with E-state index in [2.05, 4.69) is 14.3 Å². The van der Waals surface area contributed by atoms with E-state index in [9.17, 15) is 30.0 Å². The molecule has 24 heavy (non-hydrogen) atoms. The third-order valence-electron chi connectivity index (χ3n) is 2.09. The molecule has 1 aromatic rings. The predicted molar refractivity (Wildman–Crippen MR) is 75.1 cm³/mol. The van der Waals surface area contributed by atoms with Crippen molar-refractivity contribution >= 4 is 25.9 Å². The van der Waals surface area contributed by atoms with Crippen molar-refractivity contribution < 1.29 is 43.7 Å². The summed E-state index contributed by atoms with van der Waals surface area (Å²) in [6.45, 7) is 0. The summed E-state index contributed by atoms with van der Waals surface area (Å²) in [5.74, 6) is -1.01. The number of hydrogen-bond acceptors (Lipinski definition) is 8. The topological polar surface area (TPSA) is 131 Å². The molecule has 0 aliphatic heterocycles. The van der Waals surface area contributed by atoms with Crippen LogP contribution in [-0.4, -0.2) is 45.4 Å². The Morgan fingerprint density at radius 2 is 1.75 bits per heavy atom. The Hall–Kier alpha value is -1.90. The maximum Gasteiger partial charge on any atom is 0.437 e. The largest absolute Gasteiger partial charge is 0.437 e. The van der Waals surface area contributed by atoms with Crippen LogP contribution in [-0.2, 0) is 24.5 Å². The number of nitrogens with one attached hydrogen (secondary N) is 1. The zero-order valence-electron chi connectivity index (χ0n) is 11.8. The smallest absolute Gasteiger partial charge is 0.408 e. The molecule has 14 heteroatoms. The van der Waals surface area contributed by atoms with Gasteiger partial charge in [-0.05, 0) is 24.3 Å². The molecule has 0 bridgehead atoms. The molecule has 0 aliphatic rings. The molecule has 9 nitrogen and oxygen atoms in total. The van der Waals surface area contributed by atoms with Gasteiger partial charge in [0.05, 0.1) is 6.26 Å². The molecule has 0 radical (unpaired) electrons. The number of halogens is 3. The van der Waals surface area contributed by atoms with Crippen molar-refractivity contribution in [2.45, 2.75) is 6.18 Å². The van der Waals surface area contributed by atoms with Crippen LogP contribution in [0, 0.1) is 0 Å². The van der Waals surface area contributed by atoms with Crippen LogP contribution in [0.3, 0.4) is 0 Å². The molecule has 0 aromatic heterocycles. The molecule has 0 spiro atoms. The summed E-state index contributed by atoms with van der Waals surface area (Å²) in [5.41, 5.74) is -0.241. The summed E-state index contributed by atoms with van der Waals surface area (Å²) in [7, 11) is -8.56. The lowest BCUT2D eigenvalue weighted by atomic mass is 10.1. The SMILES string of the molecule is CS(=O)(=O)ON=C(c1ccc(ONCS(=O)(=O)O)cc1)C(F)(F)F. The number of hydrogen-bond donors (Lipinski definition) is 2. The molecule has 1 rings (SSSR count). The van der Waals surface area contributed by atoms with Crippen LogP contribution in [0.1, 0.15) is 5.56 Å². The van der Waals surface area contributed by atoms with Gasteiger partial charge in [0.15, 0.2) is 11.6 Å². The van der Waals surface area contributed by atoms with E-state index in [1.54, 1.807) is 0 Å². The van der Waals surface area contributed by atoms with Gasteiger partial charge in [-0.3, -0.25) is 8.84 Å². The van der Waals surface area contributed by atoms with Crippen LogP contribution in [0.2, 0.25) is 0 Å². The quantitative estimate of drug-likeness (QED) is 0.393. The van der Waals surface area contributed by atoms with Gasteiger partial charge >= 0.3 is 16.3 Å². The average Bonchev–Trinajstić information content (AvgIpc) is 2.36. The van der Waals surface area contributed by atoms with E-state index in [0.29, 0.717) is 6.26 Å². The first-order valence-electron chi connectivity index (χ1n) is 5.77. The minimum Gasteiger partial charge on any atom is -0.408 e. The van der Waals surface area contributed by atoms with Gasteiger partial charge in [0.2, 0.25) is 0 Å². The van der Waals surface area contributed by atoms with Crippen molar-refractivity contribution in [1.29, 1.82) is 0 Å². The molecule has 0 fully saturated rings. The second-order valence-corrected chi connectivity index (χ2v) is 7.22. The van der Waals surface area contributed by atoms with Crippen LogP contribution in [0.5, 0.6) is 5.75 Å². The molecular formula is C10H11F3N2O7S2. The molecule has 0 saturated heterocycles. The number of benzene rings is 1. The highest BCUT2D eigenvalue weighted by atomic mass is 32.2. The summed E-state index contributed by atoms with van der Waals surface area (Å²) < 4.78 is 93.3. The normalized spacial score (nSPS) is 13.6. The van der Waals surface area contributed by atoms with Crippen molar-refractivity contribution in [2.24, 2.45) is 5.16 Å². The van der Waals surface area contributed by atoms with E-state index in [-0.39, 0.29) is 5.75 Å². The lowest BCUT2D eigenvalue weighted by Gasteiger charge is -2.11. The summed E-state index contributed by atoms with van der Waals surface area (Å²) in [5, 5.41) is 2.60. The van der Waals surface area contributed by atoms with Gasteiger partial charge in [-0.2, -0.15) is 30.0 Å². The standard InChI is InChI=1S/C10H11F3N2O7S2/c1-23(16,17)22-15-9(10(11,12)13)7-2-4-8(5-3-7)21-14-6-24(18,19)20/h2-5,14H,6H2,1H3,(H,18,19,20). The van der Waals surface area contributed by atoms with Crippen LogP contribution >= 0.6 is 0 Å². The minimum atomic E-state index is -4.99. The van der Waals surface area contributed by atoms with Crippen LogP contribution in [0.25, 0.3) is 0 Å². The summed E-state index contributed by atoms with van der Waals surface area (Å²) in [6, 6.07) is 3.83. The van der Waals surface area contributed by atoms with E-state index in [1.165, 1.54) is 0 Å². The van der Waals surface area contributed by atoms with Crippen molar-refractivity contribution in [2.75, 3.05) is 12.1 Å². The Morgan fingerprint density at radius 3 is 2.17 bits per heavy atom. The molecular weight excluding hydrogens is 381 g/mol. The number of rotatable bonds is 7. The Kier molecular flexibility index (Phi) is 6.15. The third-order valence-corrected chi connectivity index (χ3v) is 2.92. The Morgan fingerprint density at radius 1 is 1.21 bits per heavy atom. The fourth-order valence-electron chi connectivity index (χ4n) is 1.24. The molecule has 0 unspecified atom stereocenters. The fourth-order valence-corrected chi connectivity index (χ4v) is 1.66. The Balaban J connectivity index is 2.94. The van der Waals surface area contributed by atoms with Crippen LogP contribution in [0.15, 0.2) is 29.4 Å². The lowest BCUT2D eigenvalue weighted by molar-refractivity contribution is -0.0597. The number of oxime groups is 1. The molecule has 0 atom stereocenters. The molecule has 1 aromatic carbocycles. The van der Waals surface area contributed by atoms with E-state index >= 15 is 0 Å². The monoisotopic (exact) mass is 392 g/mol. The minimum absolute atomic E-state index is 0.0760. The summed E-state index contributed by atoms with van der Waals surface area (Å²) >= 11 is 0. The summed E-state index contributed by atoms with van der Waals surface area (Å²) in [4.78, 5) is 4.68. The lowest BCUT2D eigenvalue weighted by Crippen LogP contribution is -2.26. The van der Waals surface area contributed by atoms with Crippen LogP contribution < -0.4 is 10.3 Å². The molecule has 0 amide bonds. The van der Waals surface area contributed by atoms with E-state index in [4.69, 9.17) is 4.55 Å². The first-order chi connectivity index (χ1) is 10.8. The van der Waals surface area contributed by atoms with Gasteiger partial charge in [-0.1, -0.05) is 5.16 Å². The van der Waals surface area contributed by atoms with Crippen molar-refractivity contribution in [3.05, 3.63) is 29.8 Å². The Labute approximate surface area is 134 Å².